The summed E-state index contributed by atoms with van der Waals surface area (Å²) in [6, 6.07) is -0.540. The minimum Gasteiger partial charge on any atom is -0.465 e. The Morgan fingerprint density at radius 2 is 2.07 bits per heavy atom. The zero-order chi connectivity index (χ0) is 19.9. The summed E-state index contributed by atoms with van der Waals surface area (Å²) >= 11 is 2.98. The number of ether oxygens (including phenoxy) is 1. The number of imide groups is 1. The number of nitrogens with one attached hydrogen (secondary N) is 2. The molecule has 1 atom stereocenters. The highest BCUT2D eigenvalue weighted by atomic mass is 32.2. The number of hydrogen-bond donors (Lipinski definition) is 2. The normalized spacial score (nSPS) is 23.7. The van der Waals surface area contributed by atoms with Crippen LogP contribution in [0.1, 0.15) is 40.1 Å². The van der Waals surface area contributed by atoms with Crippen molar-refractivity contribution in [3.05, 3.63) is 16.0 Å². The Labute approximate surface area is 170 Å². The van der Waals surface area contributed by atoms with Gasteiger partial charge in [0.15, 0.2) is 0 Å². The molecular weight excluding hydrogens is 402 g/mol. The number of amides is 4. The summed E-state index contributed by atoms with van der Waals surface area (Å²) < 4.78 is 4.90. The lowest BCUT2D eigenvalue weighted by Gasteiger charge is -2.19. The van der Waals surface area contributed by atoms with E-state index in [-0.39, 0.29) is 12.5 Å². The van der Waals surface area contributed by atoms with Crippen LogP contribution in [0.4, 0.5) is 9.80 Å². The van der Waals surface area contributed by atoms with Crippen LogP contribution in [-0.2, 0) is 27.2 Å². The Hall–Kier alpha value is -2.07. The first-order chi connectivity index (χ1) is 13.4. The molecule has 2 aliphatic heterocycles. The molecule has 0 radical (unpaired) electrons. The molecule has 2 fully saturated rings. The second kappa shape index (κ2) is 7.40. The lowest BCUT2D eigenvalue weighted by Crippen LogP contribution is -2.47. The Kier molecular flexibility index (Phi) is 5.09. The van der Waals surface area contributed by atoms with Gasteiger partial charge in [-0.1, -0.05) is 0 Å². The van der Waals surface area contributed by atoms with E-state index in [2.05, 4.69) is 10.6 Å². The zero-order valence-corrected chi connectivity index (χ0v) is 17.1. The molecule has 8 nitrogen and oxygen atoms in total. The fourth-order valence-electron chi connectivity index (χ4n) is 3.93. The molecule has 0 unspecified atom stereocenters. The number of nitrogens with zero attached hydrogens (tertiary/aromatic N) is 1. The van der Waals surface area contributed by atoms with Gasteiger partial charge in [-0.3, -0.25) is 14.5 Å². The molecule has 0 saturated carbocycles. The van der Waals surface area contributed by atoms with E-state index in [1.807, 2.05) is 0 Å². The third kappa shape index (κ3) is 3.18. The molecule has 0 aromatic carbocycles. The molecule has 3 aliphatic rings. The van der Waals surface area contributed by atoms with Crippen LogP contribution in [0.2, 0.25) is 0 Å². The largest absolute Gasteiger partial charge is 0.465 e. The second-order valence-corrected chi connectivity index (χ2v) is 9.37. The first kappa shape index (κ1) is 19.3. The number of anilines is 1. The Morgan fingerprint density at radius 1 is 1.29 bits per heavy atom. The van der Waals surface area contributed by atoms with E-state index in [1.165, 1.54) is 18.4 Å². The van der Waals surface area contributed by atoms with Gasteiger partial charge < -0.3 is 15.4 Å². The summed E-state index contributed by atoms with van der Waals surface area (Å²) in [6.45, 7) is -0.375. The number of thioether (sulfide) groups is 1. The fourth-order valence-corrected chi connectivity index (χ4v) is 6.55. The van der Waals surface area contributed by atoms with Gasteiger partial charge in [0.25, 0.3) is 5.91 Å². The quantitative estimate of drug-likeness (QED) is 0.565. The van der Waals surface area contributed by atoms with Gasteiger partial charge in [-0.15, -0.1) is 11.3 Å². The number of carbonyl (C=O) groups excluding carboxylic acids is 4. The molecule has 2 saturated heterocycles. The molecule has 28 heavy (non-hydrogen) atoms. The van der Waals surface area contributed by atoms with Crippen molar-refractivity contribution in [3.63, 3.8) is 0 Å². The maximum absolute atomic E-state index is 12.7. The van der Waals surface area contributed by atoms with Gasteiger partial charge in [-0.25, -0.2) is 9.59 Å². The van der Waals surface area contributed by atoms with Crippen molar-refractivity contribution in [2.24, 2.45) is 0 Å². The number of thiophene rings is 1. The number of esters is 1. The van der Waals surface area contributed by atoms with E-state index in [0.29, 0.717) is 22.7 Å². The van der Waals surface area contributed by atoms with Crippen molar-refractivity contribution in [1.82, 2.24) is 10.2 Å². The molecule has 1 aromatic heterocycles. The maximum atomic E-state index is 12.7. The lowest BCUT2D eigenvalue weighted by atomic mass is 9.95. The average molecular weight is 424 g/mol. The van der Waals surface area contributed by atoms with Crippen molar-refractivity contribution in [2.45, 2.75) is 37.6 Å². The van der Waals surface area contributed by atoms with E-state index >= 15 is 0 Å². The summed E-state index contributed by atoms with van der Waals surface area (Å²) in [6.07, 6.45) is 4.25. The van der Waals surface area contributed by atoms with Gasteiger partial charge in [0.2, 0.25) is 5.91 Å². The average Bonchev–Trinajstić information content (AvgIpc) is 3.34. The molecule has 4 rings (SSSR count). The van der Waals surface area contributed by atoms with Crippen LogP contribution < -0.4 is 10.6 Å². The first-order valence-corrected chi connectivity index (χ1v) is 11.2. The third-order valence-electron chi connectivity index (χ3n) is 5.38. The van der Waals surface area contributed by atoms with Crippen LogP contribution in [-0.4, -0.2) is 59.4 Å². The molecular formula is C18H21N3O5S2. The fraction of sp³-hybridized carbons (Fsp3) is 0.556. The van der Waals surface area contributed by atoms with Gasteiger partial charge in [-0.05, 0) is 43.4 Å². The van der Waals surface area contributed by atoms with Gasteiger partial charge >= 0.3 is 12.0 Å². The van der Waals surface area contributed by atoms with E-state index in [0.717, 1.165) is 46.8 Å². The summed E-state index contributed by atoms with van der Waals surface area (Å²) in [5.41, 5.74) is 0.466. The number of methoxy groups -OCH3 is 1. The summed E-state index contributed by atoms with van der Waals surface area (Å²) in [5, 5.41) is 5.90. The Balaban J connectivity index is 1.51. The molecule has 1 spiro atoms. The Morgan fingerprint density at radius 3 is 2.79 bits per heavy atom. The highest BCUT2D eigenvalue weighted by molar-refractivity contribution is 7.99. The van der Waals surface area contributed by atoms with Crippen molar-refractivity contribution < 1.29 is 23.9 Å². The van der Waals surface area contributed by atoms with Crippen LogP contribution in [0.15, 0.2) is 0 Å². The molecule has 3 heterocycles. The maximum Gasteiger partial charge on any atom is 0.341 e. The Bertz CT molecular complexity index is 860. The van der Waals surface area contributed by atoms with E-state index < -0.39 is 23.4 Å². The predicted octanol–water partition coefficient (Wildman–Crippen LogP) is 1.78. The summed E-state index contributed by atoms with van der Waals surface area (Å²) in [4.78, 5) is 51.9. The highest BCUT2D eigenvalue weighted by Gasteiger charge is 2.53. The molecule has 2 N–H and O–H groups in total. The highest BCUT2D eigenvalue weighted by Crippen LogP contribution is 2.39. The van der Waals surface area contributed by atoms with Crippen molar-refractivity contribution in [1.29, 1.82) is 0 Å². The number of rotatable bonds is 4. The van der Waals surface area contributed by atoms with Gasteiger partial charge in [0, 0.05) is 10.6 Å². The standard InChI is InChI=1S/C18H21N3O5S2/c1-26-15(23)13-10-4-2-3-5-11(10)28-14(13)19-12(22)8-21-16(24)18(20-17(21)25)6-7-27-9-18/h2-9H2,1H3,(H,19,22)(H,20,25)/t18-/m0/s1. The van der Waals surface area contributed by atoms with Crippen molar-refractivity contribution >= 4 is 51.9 Å². The number of aryl methyl sites for hydroxylation is 1. The minimum absolute atomic E-state index is 0.351. The monoisotopic (exact) mass is 423 g/mol. The SMILES string of the molecule is COC(=O)c1c(NC(=O)CN2C(=O)N[C@]3(CCSC3)C2=O)sc2c1CCCC2. The lowest BCUT2D eigenvalue weighted by molar-refractivity contribution is -0.133. The van der Waals surface area contributed by atoms with Crippen LogP contribution >= 0.6 is 23.1 Å². The molecule has 150 valence electrons. The number of fused-ring (bicyclic) bond motifs is 1. The first-order valence-electron chi connectivity index (χ1n) is 9.20. The number of hydrogen-bond acceptors (Lipinski definition) is 7. The zero-order valence-electron chi connectivity index (χ0n) is 15.5. The predicted molar refractivity (Wildman–Crippen MR) is 106 cm³/mol. The molecule has 1 aromatic rings. The number of urea groups is 1. The van der Waals surface area contributed by atoms with Crippen LogP contribution in [0.5, 0.6) is 0 Å². The molecule has 4 amide bonds. The van der Waals surface area contributed by atoms with Crippen LogP contribution in [0.3, 0.4) is 0 Å². The smallest absolute Gasteiger partial charge is 0.341 e. The summed E-state index contributed by atoms with van der Waals surface area (Å²) in [5.74, 6) is -0.00679. The van der Waals surface area contributed by atoms with E-state index in [4.69, 9.17) is 4.74 Å². The van der Waals surface area contributed by atoms with Gasteiger partial charge in [-0.2, -0.15) is 11.8 Å². The number of carbonyl (C=O) groups is 4. The van der Waals surface area contributed by atoms with E-state index in [9.17, 15) is 19.2 Å². The van der Waals surface area contributed by atoms with Gasteiger partial charge in [0.05, 0.1) is 12.7 Å². The summed E-state index contributed by atoms with van der Waals surface area (Å²) in [7, 11) is 1.31. The van der Waals surface area contributed by atoms with Gasteiger partial charge in [0.1, 0.15) is 17.1 Å². The second-order valence-electron chi connectivity index (χ2n) is 7.16. The van der Waals surface area contributed by atoms with Crippen LogP contribution in [0.25, 0.3) is 0 Å². The molecule has 10 heteroatoms. The van der Waals surface area contributed by atoms with Crippen LogP contribution in [0, 0.1) is 0 Å². The topological polar surface area (TPSA) is 105 Å². The van der Waals surface area contributed by atoms with E-state index in [1.54, 1.807) is 11.8 Å². The van der Waals surface area contributed by atoms with Crippen molar-refractivity contribution in [2.75, 3.05) is 30.5 Å². The van der Waals surface area contributed by atoms with Crippen molar-refractivity contribution in [3.8, 4) is 0 Å². The minimum atomic E-state index is -0.874. The third-order valence-corrected chi connectivity index (χ3v) is 7.78. The molecule has 1 aliphatic carbocycles. The molecule has 0 bridgehead atoms.